The fraction of sp³-hybridized carbons (Fsp3) is 0.348. The fourth-order valence-electron chi connectivity index (χ4n) is 13.7. The minimum absolute atomic E-state index is 0.000381. The Morgan fingerprint density at radius 2 is 1.24 bits per heavy atom. The van der Waals surface area contributed by atoms with E-state index in [1.165, 1.54) is 53.1 Å². The predicted molar refractivity (Wildman–Crippen MR) is 378 cm³/mol. The molecule has 0 bridgehead atoms. The largest absolute Gasteiger partial charge is 0.481 e. The Hall–Kier alpha value is -8.28. The van der Waals surface area contributed by atoms with Gasteiger partial charge in [0.2, 0.25) is 0 Å². The normalized spacial score (nSPS) is 20.8. The molecular formula is C69H67BrCl2FN13O9S3. The van der Waals surface area contributed by atoms with Crippen molar-refractivity contribution in [2.24, 2.45) is 9.98 Å². The second kappa shape index (κ2) is 29.3. The van der Waals surface area contributed by atoms with Gasteiger partial charge in [0.1, 0.15) is 17.9 Å². The zero-order chi connectivity index (χ0) is 68.5. The Labute approximate surface area is 594 Å². The third-order valence-electron chi connectivity index (χ3n) is 18.6. The number of piperazine rings is 2. The highest BCUT2D eigenvalue weighted by Gasteiger charge is 2.47. The van der Waals surface area contributed by atoms with Gasteiger partial charge in [-0.2, -0.15) is 0 Å². The van der Waals surface area contributed by atoms with Crippen molar-refractivity contribution in [2.75, 3.05) is 88.5 Å². The third kappa shape index (κ3) is 13.9. The minimum atomic E-state index is -0.849. The number of rotatable bonds is 18. The molecule has 4 amide bonds. The first kappa shape index (κ1) is 68.3. The van der Waals surface area contributed by atoms with Gasteiger partial charge in [-0.1, -0.05) is 101 Å². The molecule has 14 rings (SSSR count). The fourth-order valence-corrected chi connectivity index (χ4v) is 16.8. The molecule has 3 aromatic heterocycles. The van der Waals surface area contributed by atoms with Gasteiger partial charge in [0, 0.05) is 136 Å². The van der Waals surface area contributed by atoms with Gasteiger partial charge in [0.15, 0.2) is 32.6 Å². The second-order valence-corrected chi connectivity index (χ2v) is 28.8. The number of carbonyl (C=O) groups excluding carboxylic acids is 5. The maximum absolute atomic E-state index is 14.1. The number of carboxylic acid groups (broad SMARTS) is 1. The van der Waals surface area contributed by atoms with Gasteiger partial charge in [-0.15, -0.1) is 34.0 Å². The van der Waals surface area contributed by atoms with Gasteiger partial charge in [-0.05, 0) is 81.1 Å². The molecule has 0 radical (unpaired) electrons. The maximum Gasteiger partial charge on any atom is 0.338 e. The van der Waals surface area contributed by atoms with Crippen molar-refractivity contribution < 1.29 is 47.7 Å². The smallest absolute Gasteiger partial charge is 0.338 e. The monoisotopic (exact) mass is 1490 g/mol. The zero-order valence-corrected chi connectivity index (χ0v) is 59.0. The molecule has 98 heavy (non-hydrogen) atoms. The lowest BCUT2D eigenvalue weighted by molar-refractivity contribution is -0.144. The standard InChI is InChI=1S/C35H36Cl2N6O5S.C34H31BrFN7O4S2/c1-2-48-32(44)28-27(39-30(31-38-13-16-49-31)40-29(28)25-10-7-22(36)17-26(25)37)20-41-14-15-42-24(18-41)19-43(34(42)47)23-8-5-21(6-9-23)35(33(45)46)11-3-4-12-35;1-3-47-32(45)28-26(38-30(31-37-10-13-48-31)40-29(28)24-9-8-22(36)14-25(24)35)17-41-11-12-42-23(15-41)16-43(34(42)46)33-39-27(18-49-33)21-6-4-20(5-7-21)19(2)44/h5-10,13,16-17,24,29H,2-4,11-12,14-15,18-20H2,1H3,(H,39,40)(H,45,46);4-10,13-14,18,23,29H,3,11-12,15-17H2,1-2H3,(H,38,40)/t24-,29-;23-,29-/m00/s1. The van der Waals surface area contributed by atoms with E-state index in [9.17, 15) is 38.3 Å². The minimum Gasteiger partial charge on any atom is -0.481 e. The van der Waals surface area contributed by atoms with Crippen LogP contribution in [-0.4, -0.2) is 178 Å². The van der Waals surface area contributed by atoms with Crippen molar-refractivity contribution in [3.05, 3.63) is 189 Å². The number of nitrogens with zero attached hydrogens (tertiary/aromatic N) is 11. The van der Waals surface area contributed by atoms with Crippen LogP contribution in [-0.2, 0) is 29.3 Å². The van der Waals surface area contributed by atoms with E-state index in [2.05, 4.69) is 46.3 Å². The SMILES string of the molecule is CCOC(=O)C1=C(CN2CCN3C(=O)N(c4ccc(C5(C(=O)O)CCCC5)cc4)C[C@@H]3C2)NC(c2nccs2)=N[C@H]1c1ccc(Cl)cc1Cl.CCOC(=O)C1=C(CN2CCN3C(=O)N(c4nc(-c5ccc(C(C)=O)cc5)cs4)C[C@@H]3C2)NC(c2nccs2)=N[C@H]1c1ccc(F)cc1Br. The Morgan fingerprint density at radius 3 is 1.77 bits per heavy atom. The number of hydrogen-bond donors (Lipinski definition) is 3. The van der Waals surface area contributed by atoms with E-state index in [0.29, 0.717) is 159 Å². The first-order valence-electron chi connectivity index (χ1n) is 32.1. The summed E-state index contributed by atoms with van der Waals surface area (Å²) in [6.07, 6.45) is 6.44. The van der Waals surface area contributed by atoms with Crippen LogP contribution in [0.3, 0.4) is 0 Å². The summed E-state index contributed by atoms with van der Waals surface area (Å²) < 4.78 is 25.7. The Morgan fingerprint density at radius 1 is 0.694 bits per heavy atom. The molecule has 1 aliphatic carbocycles. The summed E-state index contributed by atoms with van der Waals surface area (Å²) in [5.74, 6) is -1.16. The molecule has 7 aromatic rings. The van der Waals surface area contributed by atoms with Crippen LogP contribution in [0.5, 0.6) is 0 Å². The average molecular weight is 1490 g/mol. The number of benzene rings is 4. The van der Waals surface area contributed by atoms with E-state index in [-0.39, 0.29) is 43.1 Å². The van der Waals surface area contributed by atoms with Gasteiger partial charge >= 0.3 is 30.0 Å². The number of urea groups is 2. The van der Waals surface area contributed by atoms with Crippen molar-refractivity contribution in [1.29, 1.82) is 0 Å². The predicted octanol–water partition coefficient (Wildman–Crippen LogP) is 11.8. The first-order chi connectivity index (χ1) is 47.4. The number of amides is 4. The Balaban J connectivity index is 0.000000176. The van der Waals surface area contributed by atoms with E-state index < -0.39 is 41.2 Å². The van der Waals surface area contributed by atoms with E-state index >= 15 is 0 Å². The summed E-state index contributed by atoms with van der Waals surface area (Å²) in [7, 11) is 0. The summed E-state index contributed by atoms with van der Waals surface area (Å²) in [4.78, 5) is 114. The average Bonchev–Trinajstić information content (AvgIpc) is 1.17. The van der Waals surface area contributed by atoms with Crippen LogP contribution in [0, 0.1) is 5.82 Å². The molecule has 7 aliphatic rings. The second-order valence-electron chi connectivity index (χ2n) is 24.5. The molecule has 0 spiro atoms. The van der Waals surface area contributed by atoms with E-state index in [4.69, 9.17) is 47.6 Å². The zero-order valence-electron chi connectivity index (χ0n) is 53.5. The van der Waals surface area contributed by atoms with Gasteiger partial charge in [0.25, 0.3) is 0 Å². The quantitative estimate of drug-likeness (QED) is 0.0534. The van der Waals surface area contributed by atoms with Crippen LogP contribution < -0.4 is 20.4 Å². The molecule has 9 heterocycles. The number of esters is 2. The topological polar surface area (TPSA) is 248 Å². The summed E-state index contributed by atoms with van der Waals surface area (Å²) in [5, 5.41) is 25.2. The molecule has 3 N–H and O–H groups in total. The van der Waals surface area contributed by atoms with E-state index in [0.717, 1.165) is 35.3 Å². The number of anilines is 2. The van der Waals surface area contributed by atoms with Crippen LogP contribution >= 0.6 is 73.1 Å². The molecule has 0 unspecified atom stereocenters. The summed E-state index contributed by atoms with van der Waals surface area (Å²) in [5.41, 5.74) is 6.15. The van der Waals surface area contributed by atoms with Gasteiger partial charge in [-0.25, -0.2) is 38.5 Å². The molecule has 6 aliphatic heterocycles. The molecule has 4 atom stereocenters. The molecule has 5 fully saturated rings. The number of carboxylic acids is 1. The molecule has 4 aromatic carbocycles. The highest BCUT2D eigenvalue weighted by molar-refractivity contribution is 9.10. The van der Waals surface area contributed by atoms with Crippen LogP contribution in [0.1, 0.15) is 95.6 Å². The number of nitrogens with one attached hydrogen (secondary N) is 2. The van der Waals surface area contributed by atoms with E-state index in [1.807, 2.05) is 62.3 Å². The van der Waals surface area contributed by atoms with Gasteiger partial charge in [0.05, 0.1) is 54.1 Å². The summed E-state index contributed by atoms with van der Waals surface area (Å²) in [6, 6.07) is 22.4. The highest BCUT2D eigenvalue weighted by Crippen LogP contribution is 2.44. The number of ether oxygens (including phenoxy) is 2. The van der Waals surface area contributed by atoms with Crippen molar-refractivity contribution >= 4 is 131 Å². The number of halogens is 4. The number of fused-ring (bicyclic) bond motifs is 2. The molecule has 4 saturated heterocycles. The number of aromatic nitrogens is 3. The molecule has 508 valence electrons. The van der Waals surface area contributed by atoms with Crippen molar-refractivity contribution in [3.63, 3.8) is 0 Å². The van der Waals surface area contributed by atoms with Crippen LogP contribution in [0.15, 0.2) is 150 Å². The lowest BCUT2D eigenvalue weighted by Crippen LogP contribution is -2.53. The molecule has 29 heteroatoms. The van der Waals surface area contributed by atoms with Crippen LogP contribution in [0.2, 0.25) is 10.0 Å². The first-order valence-corrected chi connectivity index (χ1v) is 36.3. The highest BCUT2D eigenvalue weighted by atomic mass is 79.9. The van der Waals surface area contributed by atoms with Crippen molar-refractivity contribution in [1.82, 2.24) is 45.2 Å². The number of Topliss-reactive ketones (excluding diaryl/α,β-unsaturated/α-hetero) is 1. The summed E-state index contributed by atoms with van der Waals surface area (Å²) >= 11 is 20.6. The van der Waals surface area contributed by atoms with Crippen LogP contribution in [0.25, 0.3) is 11.3 Å². The summed E-state index contributed by atoms with van der Waals surface area (Å²) in [6.45, 7) is 10.5. The number of aliphatic imine (C=N–C) groups is 2. The van der Waals surface area contributed by atoms with Crippen molar-refractivity contribution in [3.8, 4) is 11.3 Å². The number of hydrogen-bond acceptors (Lipinski definition) is 20. The molecular weight excluding hydrogens is 1420 g/mol. The number of carbonyl (C=O) groups is 6. The lowest BCUT2D eigenvalue weighted by atomic mass is 9.79. The molecule has 1 saturated carbocycles. The Bertz CT molecular complexity index is 4360. The number of thiazole rings is 3. The van der Waals surface area contributed by atoms with E-state index in [1.54, 1.807) is 72.4 Å². The van der Waals surface area contributed by atoms with Crippen LogP contribution in [0.4, 0.5) is 24.8 Å². The lowest BCUT2D eigenvalue weighted by Gasteiger charge is -2.38. The third-order valence-corrected chi connectivity index (χ3v) is 22.2. The number of ketones is 1. The molecule has 22 nitrogen and oxygen atoms in total. The maximum atomic E-state index is 14.1. The number of aliphatic carboxylic acids is 1. The van der Waals surface area contributed by atoms with Gasteiger partial charge in [-0.3, -0.25) is 39.2 Å². The van der Waals surface area contributed by atoms with Crippen molar-refractivity contribution in [2.45, 2.75) is 76.0 Å². The Kier molecular flexibility index (Phi) is 20.4. The van der Waals surface area contributed by atoms with Gasteiger partial charge < -0.3 is 35.0 Å². The number of amidine groups is 2.